The van der Waals surface area contributed by atoms with Crippen LogP contribution in [0.25, 0.3) is 0 Å². The molecule has 6 nitrogen and oxygen atoms in total. The van der Waals surface area contributed by atoms with Gasteiger partial charge < -0.3 is 14.2 Å². The van der Waals surface area contributed by atoms with E-state index in [0.29, 0.717) is 19.3 Å². The summed E-state index contributed by atoms with van der Waals surface area (Å²) < 4.78 is 17.0. The summed E-state index contributed by atoms with van der Waals surface area (Å²) in [6.07, 6.45) is 92.3. The number of hydrogen-bond donors (Lipinski definition) is 0. The van der Waals surface area contributed by atoms with Gasteiger partial charge in [0.15, 0.2) is 6.10 Å². The zero-order valence-electron chi connectivity index (χ0n) is 54.8. The molecule has 0 aromatic carbocycles. The molecule has 0 aliphatic rings. The maximum atomic E-state index is 12.9. The second-order valence-electron chi connectivity index (χ2n) is 24.1. The Labute approximate surface area is 510 Å². The van der Waals surface area contributed by atoms with E-state index < -0.39 is 6.10 Å². The SMILES string of the molecule is CC/C=C\C/C=C\C/C=C\C/C=C\CCCCCCCCCCC(=O)OC(COC(=O)CCCCCCC/C=C\C/C=C\CCC)COC(=O)CCCCCCCCCCCCCCCCCCCCCCCCCCCCCCCC. The minimum absolute atomic E-state index is 0.0802. The second-order valence-corrected chi connectivity index (χ2v) is 24.1. The van der Waals surface area contributed by atoms with Crippen LogP contribution < -0.4 is 0 Å². The fourth-order valence-corrected chi connectivity index (χ4v) is 10.6. The molecule has 0 saturated heterocycles. The Morgan fingerprint density at radius 2 is 0.500 bits per heavy atom. The molecule has 0 amide bonds. The highest BCUT2D eigenvalue weighted by Crippen LogP contribution is 2.18. The summed E-state index contributed by atoms with van der Waals surface area (Å²) in [6.45, 7) is 6.50. The van der Waals surface area contributed by atoms with E-state index in [1.807, 2.05) is 0 Å². The van der Waals surface area contributed by atoms with Crippen LogP contribution in [0.1, 0.15) is 374 Å². The Balaban J connectivity index is 4.20. The van der Waals surface area contributed by atoms with Gasteiger partial charge in [0.05, 0.1) is 0 Å². The van der Waals surface area contributed by atoms with Crippen molar-refractivity contribution in [3.8, 4) is 0 Å². The van der Waals surface area contributed by atoms with Crippen LogP contribution in [0.2, 0.25) is 0 Å². The Morgan fingerprint density at radius 3 is 0.793 bits per heavy atom. The van der Waals surface area contributed by atoms with Crippen LogP contribution >= 0.6 is 0 Å². The summed E-state index contributed by atoms with van der Waals surface area (Å²) in [5.74, 6) is -0.884. The summed E-state index contributed by atoms with van der Waals surface area (Å²) in [5.41, 5.74) is 0. The average Bonchev–Trinajstić information content (AvgIpc) is 3.47. The molecule has 1 unspecified atom stereocenters. The van der Waals surface area contributed by atoms with Crippen LogP contribution in [-0.2, 0) is 28.6 Å². The lowest BCUT2D eigenvalue weighted by atomic mass is 10.0. The first-order valence-electron chi connectivity index (χ1n) is 35.9. The van der Waals surface area contributed by atoms with Crippen molar-refractivity contribution < 1.29 is 28.6 Å². The van der Waals surface area contributed by atoms with E-state index in [4.69, 9.17) is 14.2 Å². The predicted octanol–water partition coefficient (Wildman–Crippen LogP) is 24.8. The third kappa shape index (κ3) is 67.6. The Bertz CT molecular complexity index is 1500. The number of carbonyl (C=O) groups is 3. The molecular formula is C76H136O6. The molecule has 0 rings (SSSR count). The quantitative estimate of drug-likeness (QED) is 0.0261. The largest absolute Gasteiger partial charge is 0.462 e. The zero-order chi connectivity index (χ0) is 59.2. The van der Waals surface area contributed by atoms with Crippen LogP contribution in [0.5, 0.6) is 0 Å². The van der Waals surface area contributed by atoms with Gasteiger partial charge in [-0.1, -0.05) is 344 Å². The minimum atomic E-state index is -0.786. The van der Waals surface area contributed by atoms with E-state index in [1.165, 1.54) is 218 Å². The van der Waals surface area contributed by atoms with Crippen LogP contribution in [0.4, 0.5) is 0 Å². The van der Waals surface area contributed by atoms with Crippen molar-refractivity contribution in [1.29, 1.82) is 0 Å². The van der Waals surface area contributed by atoms with Gasteiger partial charge in [0, 0.05) is 19.3 Å². The number of allylic oxidation sites excluding steroid dienone is 12. The Morgan fingerprint density at radius 1 is 0.256 bits per heavy atom. The molecule has 0 aliphatic carbocycles. The predicted molar refractivity (Wildman–Crippen MR) is 358 cm³/mol. The van der Waals surface area contributed by atoms with Crippen molar-refractivity contribution in [3.05, 3.63) is 72.9 Å². The van der Waals surface area contributed by atoms with Crippen LogP contribution in [0.15, 0.2) is 72.9 Å². The lowest BCUT2D eigenvalue weighted by Gasteiger charge is -2.18. The third-order valence-electron chi connectivity index (χ3n) is 15.9. The molecule has 0 N–H and O–H groups in total. The van der Waals surface area contributed by atoms with E-state index >= 15 is 0 Å². The lowest BCUT2D eigenvalue weighted by molar-refractivity contribution is -0.167. The highest BCUT2D eigenvalue weighted by atomic mass is 16.6. The van der Waals surface area contributed by atoms with Gasteiger partial charge in [-0.05, 0) is 83.5 Å². The maximum absolute atomic E-state index is 12.9. The van der Waals surface area contributed by atoms with Crippen molar-refractivity contribution >= 4 is 17.9 Å². The Hall–Kier alpha value is -3.15. The number of unbranched alkanes of at least 4 members (excludes halogenated alkanes) is 43. The number of ether oxygens (including phenoxy) is 3. The van der Waals surface area contributed by atoms with E-state index in [0.717, 1.165) is 116 Å². The summed E-state index contributed by atoms with van der Waals surface area (Å²) in [7, 11) is 0. The van der Waals surface area contributed by atoms with Gasteiger partial charge in [-0.3, -0.25) is 14.4 Å². The lowest BCUT2D eigenvalue weighted by Crippen LogP contribution is -2.30. The Kier molecular flexibility index (Phi) is 67.6. The first-order chi connectivity index (χ1) is 40.5. The highest BCUT2D eigenvalue weighted by molar-refractivity contribution is 5.71. The van der Waals surface area contributed by atoms with Crippen molar-refractivity contribution in [3.63, 3.8) is 0 Å². The van der Waals surface area contributed by atoms with Crippen LogP contribution in [0.3, 0.4) is 0 Å². The molecule has 0 bridgehead atoms. The maximum Gasteiger partial charge on any atom is 0.306 e. The first kappa shape index (κ1) is 78.8. The van der Waals surface area contributed by atoms with Gasteiger partial charge in [0.25, 0.3) is 0 Å². The number of esters is 3. The third-order valence-corrected chi connectivity index (χ3v) is 15.9. The normalized spacial score (nSPS) is 12.5. The number of rotatable bonds is 66. The van der Waals surface area contributed by atoms with Gasteiger partial charge in [-0.15, -0.1) is 0 Å². The standard InChI is InChI=1S/C76H136O6/c1-4-7-10-13-16-19-22-25-27-29-31-33-34-35-36-37-38-39-40-41-43-44-46-48-51-54-57-60-63-66-69-75(78)81-72-73(71-80-74(77)68-65-62-59-56-53-50-24-21-18-15-12-9-6-3)82-76(79)70-67-64-61-58-55-52-49-47-45-42-32-30-28-26-23-20-17-14-11-8-5-2/h8,11-12,15,17,20-21,24,26,28,32,42,73H,4-7,9-10,13-14,16,18-19,22-23,25,27,29-31,33-41,43-72H2,1-3H3/b11-8-,15-12-,20-17-,24-21-,28-26-,42-32-. The molecule has 476 valence electrons. The number of carbonyl (C=O) groups excluding carboxylic acids is 3. The summed E-state index contributed by atoms with van der Waals surface area (Å²) in [5, 5.41) is 0. The summed E-state index contributed by atoms with van der Waals surface area (Å²) in [4.78, 5) is 38.4. The highest BCUT2D eigenvalue weighted by Gasteiger charge is 2.19. The molecule has 0 fully saturated rings. The summed E-state index contributed by atoms with van der Waals surface area (Å²) >= 11 is 0. The van der Waals surface area contributed by atoms with Crippen molar-refractivity contribution in [2.24, 2.45) is 0 Å². The fraction of sp³-hybridized carbons (Fsp3) is 0.803. The van der Waals surface area contributed by atoms with Crippen LogP contribution in [-0.4, -0.2) is 37.2 Å². The molecule has 0 saturated carbocycles. The molecule has 0 radical (unpaired) electrons. The molecule has 0 spiro atoms. The molecule has 6 heteroatoms. The molecule has 0 aliphatic heterocycles. The fourth-order valence-electron chi connectivity index (χ4n) is 10.6. The first-order valence-corrected chi connectivity index (χ1v) is 35.9. The van der Waals surface area contributed by atoms with E-state index in [1.54, 1.807) is 0 Å². The van der Waals surface area contributed by atoms with E-state index in [2.05, 4.69) is 93.7 Å². The smallest absolute Gasteiger partial charge is 0.306 e. The van der Waals surface area contributed by atoms with Crippen molar-refractivity contribution in [1.82, 2.24) is 0 Å². The van der Waals surface area contributed by atoms with Gasteiger partial charge in [0.2, 0.25) is 0 Å². The van der Waals surface area contributed by atoms with Gasteiger partial charge >= 0.3 is 17.9 Å². The molecule has 1 atom stereocenters. The summed E-state index contributed by atoms with van der Waals surface area (Å²) in [6, 6.07) is 0. The zero-order valence-corrected chi connectivity index (χ0v) is 54.8. The molecule has 0 aromatic heterocycles. The van der Waals surface area contributed by atoms with Crippen molar-refractivity contribution in [2.75, 3.05) is 13.2 Å². The van der Waals surface area contributed by atoms with Gasteiger partial charge in [-0.25, -0.2) is 0 Å². The topological polar surface area (TPSA) is 78.9 Å². The average molecular weight is 1150 g/mol. The molecule has 0 aromatic rings. The molecule has 0 heterocycles. The monoisotopic (exact) mass is 1150 g/mol. The van der Waals surface area contributed by atoms with Crippen molar-refractivity contribution in [2.45, 2.75) is 380 Å². The van der Waals surface area contributed by atoms with E-state index in [9.17, 15) is 14.4 Å². The van der Waals surface area contributed by atoms with Gasteiger partial charge in [-0.2, -0.15) is 0 Å². The van der Waals surface area contributed by atoms with Crippen LogP contribution in [0, 0.1) is 0 Å². The second kappa shape index (κ2) is 70.3. The van der Waals surface area contributed by atoms with E-state index in [-0.39, 0.29) is 31.1 Å². The molecular weight excluding hydrogens is 1010 g/mol. The molecule has 82 heavy (non-hydrogen) atoms. The minimum Gasteiger partial charge on any atom is -0.462 e. The number of hydrogen-bond acceptors (Lipinski definition) is 6. The van der Waals surface area contributed by atoms with Gasteiger partial charge in [0.1, 0.15) is 13.2 Å².